The van der Waals surface area contributed by atoms with E-state index in [1.54, 1.807) is 24.3 Å². The van der Waals surface area contributed by atoms with Crippen LogP contribution in [0.3, 0.4) is 0 Å². The molecule has 0 amide bonds. The Kier molecular flexibility index (Phi) is 7.10. The number of sulfonamides is 1. The molecule has 8 nitrogen and oxygen atoms in total. The Labute approximate surface area is 223 Å². The van der Waals surface area contributed by atoms with Crippen molar-refractivity contribution in [1.29, 1.82) is 0 Å². The van der Waals surface area contributed by atoms with Crippen molar-refractivity contribution in [2.24, 2.45) is 0 Å². The maximum atomic E-state index is 13.5. The fourth-order valence-corrected chi connectivity index (χ4v) is 5.75. The van der Waals surface area contributed by atoms with Gasteiger partial charge in [-0.1, -0.05) is 12.1 Å². The van der Waals surface area contributed by atoms with Crippen LogP contribution in [0.2, 0.25) is 0 Å². The van der Waals surface area contributed by atoms with E-state index >= 15 is 0 Å². The molecule has 0 spiro atoms. The summed E-state index contributed by atoms with van der Waals surface area (Å²) in [6.45, 7) is -0.458. The molecule has 3 aromatic carbocycles. The van der Waals surface area contributed by atoms with E-state index in [0.29, 0.717) is 11.4 Å². The average molecular weight is 590 g/mol. The minimum Gasteiger partial charge on any atom is -0.453 e. The lowest BCUT2D eigenvalue weighted by atomic mass is 9.98. The molecule has 0 aliphatic carbocycles. The minimum atomic E-state index is -4.96. The zero-order valence-corrected chi connectivity index (χ0v) is 20.9. The first-order valence-electron chi connectivity index (χ1n) is 11.6. The van der Waals surface area contributed by atoms with Crippen molar-refractivity contribution >= 4 is 21.4 Å². The Balaban J connectivity index is 1.44. The van der Waals surface area contributed by atoms with E-state index < -0.39 is 57.0 Å². The molecule has 40 heavy (non-hydrogen) atoms. The van der Waals surface area contributed by atoms with E-state index in [1.807, 2.05) is 0 Å². The van der Waals surface area contributed by atoms with Crippen molar-refractivity contribution < 1.29 is 54.1 Å². The van der Waals surface area contributed by atoms with Crippen molar-refractivity contribution in [3.05, 3.63) is 72.3 Å². The number of benzene rings is 3. The van der Waals surface area contributed by atoms with Crippen molar-refractivity contribution in [3.8, 4) is 17.2 Å². The lowest BCUT2D eigenvalue weighted by molar-refractivity contribution is -0.274. The monoisotopic (exact) mass is 590 g/mol. The zero-order chi connectivity index (χ0) is 28.9. The van der Waals surface area contributed by atoms with E-state index in [9.17, 15) is 39.9 Å². The third-order valence-electron chi connectivity index (χ3n) is 6.29. The van der Waals surface area contributed by atoms with Gasteiger partial charge in [-0.3, -0.25) is 0 Å². The van der Waals surface area contributed by atoms with Gasteiger partial charge in [-0.15, -0.1) is 13.2 Å². The Morgan fingerprint density at radius 1 is 0.900 bits per heavy atom. The molecule has 2 aliphatic rings. The number of anilines is 2. The molecule has 2 aliphatic heterocycles. The van der Waals surface area contributed by atoms with Crippen LogP contribution in [0.25, 0.3) is 0 Å². The highest BCUT2D eigenvalue weighted by Crippen LogP contribution is 2.50. The summed E-state index contributed by atoms with van der Waals surface area (Å²) in [4.78, 5) is 1.01. The summed E-state index contributed by atoms with van der Waals surface area (Å²) >= 11 is 0. The second-order valence-electron chi connectivity index (χ2n) is 8.96. The van der Waals surface area contributed by atoms with E-state index in [4.69, 9.17) is 9.47 Å². The number of halogens is 6. The Morgan fingerprint density at radius 2 is 1.57 bits per heavy atom. The van der Waals surface area contributed by atoms with Gasteiger partial charge >= 0.3 is 12.5 Å². The molecule has 0 bridgehead atoms. The van der Waals surface area contributed by atoms with Gasteiger partial charge in [0.2, 0.25) is 10.0 Å². The molecule has 0 unspecified atom stereocenters. The number of ether oxygens (including phenoxy) is 3. The maximum Gasteiger partial charge on any atom is 0.573 e. The highest BCUT2D eigenvalue weighted by atomic mass is 32.2. The Hall–Kier alpha value is -3.53. The van der Waals surface area contributed by atoms with Gasteiger partial charge in [-0.2, -0.15) is 13.2 Å². The zero-order valence-electron chi connectivity index (χ0n) is 20.1. The molecule has 2 N–H and O–H groups in total. The first kappa shape index (κ1) is 28.0. The van der Waals surface area contributed by atoms with Crippen molar-refractivity contribution in [1.82, 2.24) is 4.72 Å². The highest BCUT2D eigenvalue weighted by molar-refractivity contribution is 7.89. The van der Waals surface area contributed by atoms with Crippen LogP contribution in [0, 0.1) is 0 Å². The number of nitrogens with zero attached hydrogens (tertiary/aromatic N) is 1. The summed E-state index contributed by atoms with van der Waals surface area (Å²) in [5, 5.41) is 11.3. The molecule has 3 aromatic rings. The third-order valence-corrected chi connectivity index (χ3v) is 7.79. The van der Waals surface area contributed by atoms with Gasteiger partial charge in [-0.25, -0.2) is 13.1 Å². The molecule has 0 aromatic heterocycles. The molecule has 0 radical (unpaired) electrons. The predicted octanol–water partition coefficient (Wildman–Crippen LogP) is 4.95. The standard InChI is InChI=1S/C25H20F6N2O6S/c26-24(27,28)14-5-10-22-19(11-14)33(18-3-1-2-4-21(18)38-22)20-13-37-12-17(23(20)34)32-40(35,36)16-8-6-15(7-9-16)39-25(29,30)31/h1-11,17,20,23,32,34H,12-13H2/t17-,20+,23+/m1/s1. The molecule has 214 valence electrons. The Morgan fingerprint density at radius 3 is 2.25 bits per heavy atom. The minimum absolute atomic E-state index is 0.00932. The lowest BCUT2D eigenvalue weighted by Crippen LogP contribution is -2.60. The first-order chi connectivity index (χ1) is 18.7. The summed E-state index contributed by atoms with van der Waals surface area (Å²) in [5.41, 5.74) is -0.642. The van der Waals surface area contributed by atoms with Gasteiger partial charge in [0.25, 0.3) is 0 Å². The van der Waals surface area contributed by atoms with Crippen molar-refractivity contribution in [3.63, 3.8) is 0 Å². The van der Waals surface area contributed by atoms with Gasteiger partial charge in [0.05, 0.1) is 53.2 Å². The average Bonchev–Trinajstić information content (AvgIpc) is 2.87. The second kappa shape index (κ2) is 10.1. The molecule has 0 saturated carbocycles. The van der Waals surface area contributed by atoms with Crippen LogP contribution in [0.15, 0.2) is 71.6 Å². The van der Waals surface area contributed by atoms with Crippen LogP contribution in [0.1, 0.15) is 5.56 Å². The Bertz CT molecular complexity index is 1500. The quantitative estimate of drug-likeness (QED) is 0.406. The van der Waals surface area contributed by atoms with Gasteiger partial charge in [0.15, 0.2) is 11.5 Å². The molecular formula is C25H20F6N2O6S. The van der Waals surface area contributed by atoms with E-state index in [-0.39, 0.29) is 24.7 Å². The molecule has 5 rings (SSSR count). The molecule has 1 fully saturated rings. The van der Waals surface area contributed by atoms with Crippen molar-refractivity contribution in [2.75, 3.05) is 18.1 Å². The summed E-state index contributed by atoms with van der Waals surface area (Å²) < 4.78 is 121. The van der Waals surface area contributed by atoms with Gasteiger partial charge in [0, 0.05) is 0 Å². The van der Waals surface area contributed by atoms with Crippen LogP contribution < -0.4 is 19.1 Å². The fourth-order valence-electron chi connectivity index (χ4n) is 4.52. The molecular weight excluding hydrogens is 570 g/mol. The number of para-hydroxylation sites is 2. The van der Waals surface area contributed by atoms with Crippen LogP contribution in [0.5, 0.6) is 17.2 Å². The SMILES string of the molecule is O=S(=O)(N[C@@H]1COC[C@H](N2c3ccccc3Oc3ccc(C(F)(F)F)cc32)[C@H]1O)c1ccc(OC(F)(F)F)cc1. The van der Waals surface area contributed by atoms with Gasteiger partial charge < -0.3 is 24.2 Å². The van der Waals surface area contributed by atoms with Crippen LogP contribution in [0.4, 0.5) is 37.7 Å². The normalized spacial score (nSPS) is 21.3. The largest absolute Gasteiger partial charge is 0.573 e. The van der Waals surface area contributed by atoms with Crippen LogP contribution in [-0.2, 0) is 20.9 Å². The number of nitrogens with one attached hydrogen (secondary N) is 1. The van der Waals surface area contributed by atoms with E-state index in [2.05, 4.69) is 9.46 Å². The number of aliphatic hydroxyl groups is 1. The fraction of sp³-hybridized carbons (Fsp3) is 0.280. The highest BCUT2D eigenvalue weighted by Gasteiger charge is 2.43. The third kappa shape index (κ3) is 5.68. The summed E-state index contributed by atoms with van der Waals surface area (Å²) in [6, 6.07) is 10.4. The number of hydrogen-bond donors (Lipinski definition) is 2. The predicted molar refractivity (Wildman–Crippen MR) is 128 cm³/mol. The molecule has 1 saturated heterocycles. The molecule has 2 heterocycles. The summed E-state index contributed by atoms with van der Waals surface area (Å²) in [6.07, 6.45) is -11.1. The topological polar surface area (TPSA) is 97.3 Å². The van der Waals surface area contributed by atoms with Gasteiger partial charge in [0.1, 0.15) is 5.75 Å². The van der Waals surface area contributed by atoms with Crippen LogP contribution in [-0.4, -0.2) is 51.3 Å². The number of hydrogen-bond acceptors (Lipinski definition) is 7. The van der Waals surface area contributed by atoms with Crippen molar-refractivity contribution in [2.45, 2.75) is 35.6 Å². The van der Waals surface area contributed by atoms with E-state index in [1.165, 1.54) is 4.90 Å². The number of fused-ring (bicyclic) bond motifs is 2. The lowest BCUT2D eigenvalue weighted by Gasteiger charge is -2.44. The number of rotatable bonds is 5. The van der Waals surface area contributed by atoms with Crippen LogP contribution >= 0.6 is 0 Å². The summed E-state index contributed by atoms with van der Waals surface area (Å²) in [7, 11) is -4.37. The molecule has 3 atom stereocenters. The first-order valence-corrected chi connectivity index (χ1v) is 13.1. The van der Waals surface area contributed by atoms with E-state index in [0.717, 1.165) is 42.5 Å². The second-order valence-corrected chi connectivity index (χ2v) is 10.7. The molecule has 15 heteroatoms. The number of alkyl halides is 6. The summed E-state index contributed by atoms with van der Waals surface area (Å²) in [5.74, 6) is -0.246. The maximum absolute atomic E-state index is 13.5. The number of aliphatic hydroxyl groups excluding tert-OH is 1. The van der Waals surface area contributed by atoms with Gasteiger partial charge in [-0.05, 0) is 54.6 Å². The smallest absolute Gasteiger partial charge is 0.453 e.